The van der Waals surface area contributed by atoms with E-state index in [0.717, 1.165) is 69.2 Å². The predicted octanol–water partition coefficient (Wildman–Crippen LogP) is 5.78. The summed E-state index contributed by atoms with van der Waals surface area (Å²) < 4.78 is 34.0. The van der Waals surface area contributed by atoms with Crippen molar-refractivity contribution >= 4 is 5.97 Å². The average molecular weight is 591 g/mol. The number of ether oxygens (including phenoxy) is 6. The van der Waals surface area contributed by atoms with Gasteiger partial charge in [-0.15, -0.1) is 0 Å². The highest BCUT2D eigenvalue weighted by molar-refractivity contribution is 6.02. The summed E-state index contributed by atoms with van der Waals surface area (Å²) >= 11 is 0. The average Bonchev–Trinajstić information content (AvgIpc) is 3.89. The van der Waals surface area contributed by atoms with Crippen molar-refractivity contribution in [3.8, 4) is 22.6 Å². The van der Waals surface area contributed by atoms with Crippen molar-refractivity contribution < 1.29 is 33.2 Å². The molecule has 7 heteroatoms. The fourth-order valence-corrected chi connectivity index (χ4v) is 6.48. The first-order valence-corrected chi connectivity index (χ1v) is 15.3. The standard InChI is InChI=1S/C37H34O7/c1-22-14-24(10-12-33(22)42-19-26-16-39-26)37(25-11-13-34(23(2)15-25)43-20-27-17-40-27)31-8-4-3-6-29(31)35-30(7-5-9-32(35)37)36(38)44-21-28-18-41-28/h3-15,26-28H,16-21H2,1-2H3. The van der Waals surface area contributed by atoms with Crippen molar-refractivity contribution in [1.82, 2.24) is 0 Å². The van der Waals surface area contributed by atoms with Crippen LogP contribution in [0.5, 0.6) is 11.5 Å². The minimum Gasteiger partial charge on any atom is -0.491 e. The molecule has 0 saturated carbocycles. The Morgan fingerprint density at radius 3 is 1.82 bits per heavy atom. The number of rotatable bonds is 11. The lowest BCUT2D eigenvalue weighted by Gasteiger charge is -2.35. The fourth-order valence-electron chi connectivity index (χ4n) is 6.48. The summed E-state index contributed by atoms with van der Waals surface area (Å²) in [6, 6.07) is 27.2. The molecule has 8 rings (SSSR count). The Hall–Kier alpha value is -4.17. The van der Waals surface area contributed by atoms with Crippen molar-refractivity contribution in [2.75, 3.05) is 39.6 Å². The molecule has 44 heavy (non-hydrogen) atoms. The van der Waals surface area contributed by atoms with Gasteiger partial charge in [0.1, 0.15) is 49.6 Å². The van der Waals surface area contributed by atoms with Gasteiger partial charge < -0.3 is 28.4 Å². The molecule has 4 aromatic rings. The molecule has 0 radical (unpaired) electrons. The molecule has 3 aliphatic heterocycles. The normalized spacial score (nSPS) is 23.8. The van der Waals surface area contributed by atoms with Crippen LogP contribution in [0.3, 0.4) is 0 Å². The molecule has 3 unspecified atom stereocenters. The lowest BCUT2D eigenvalue weighted by molar-refractivity contribution is 0.0477. The van der Waals surface area contributed by atoms with E-state index in [9.17, 15) is 4.79 Å². The van der Waals surface area contributed by atoms with Crippen LogP contribution in [0.2, 0.25) is 0 Å². The van der Waals surface area contributed by atoms with Crippen LogP contribution in [0.15, 0.2) is 78.9 Å². The van der Waals surface area contributed by atoms with Gasteiger partial charge in [0.25, 0.3) is 0 Å². The predicted molar refractivity (Wildman–Crippen MR) is 164 cm³/mol. The molecule has 0 bridgehead atoms. The maximum atomic E-state index is 13.6. The molecule has 4 aromatic carbocycles. The summed E-state index contributed by atoms with van der Waals surface area (Å²) in [5.74, 6) is 1.34. The molecule has 3 atom stereocenters. The van der Waals surface area contributed by atoms with Crippen LogP contribution in [0.4, 0.5) is 0 Å². The van der Waals surface area contributed by atoms with E-state index in [0.29, 0.717) is 25.4 Å². The second kappa shape index (κ2) is 10.8. The van der Waals surface area contributed by atoms with Crippen LogP contribution < -0.4 is 9.47 Å². The zero-order chi connectivity index (χ0) is 29.8. The van der Waals surface area contributed by atoms with Gasteiger partial charge in [0.05, 0.1) is 30.8 Å². The monoisotopic (exact) mass is 590 g/mol. The number of hydrogen-bond acceptors (Lipinski definition) is 7. The van der Waals surface area contributed by atoms with Gasteiger partial charge in [0.15, 0.2) is 0 Å². The molecular formula is C37H34O7. The van der Waals surface area contributed by atoms with Crippen LogP contribution in [-0.4, -0.2) is 63.9 Å². The number of carbonyl (C=O) groups excluding carboxylic acids is 1. The second-order valence-corrected chi connectivity index (χ2v) is 12.1. The third-order valence-electron chi connectivity index (χ3n) is 8.96. The summed E-state index contributed by atoms with van der Waals surface area (Å²) in [6.45, 7) is 7.63. The highest BCUT2D eigenvalue weighted by Gasteiger charge is 2.48. The summed E-state index contributed by atoms with van der Waals surface area (Å²) in [4.78, 5) is 13.6. The molecule has 0 N–H and O–H groups in total. The summed E-state index contributed by atoms with van der Waals surface area (Å²) in [5.41, 5.74) is 8.18. The smallest absolute Gasteiger partial charge is 0.338 e. The Morgan fingerprint density at radius 2 is 1.25 bits per heavy atom. The SMILES string of the molecule is Cc1cc(C2(c3ccc(OCC4CO4)c(C)c3)c3ccccc3-c3c(C(=O)OCC4CO4)cccc32)ccc1OCC1CO1. The molecule has 0 spiro atoms. The van der Waals surface area contributed by atoms with Crippen LogP contribution in [0.1, 0.15) is 43.7 Å². The van der Waals surface area contributed by atoms with E-state index in [-0.39, 0.29) is 30.9 Å². The fraction of sp³-hybridized carbons (Fsp3) is 0.324. The first kappa shape index (κ1) is 27.4. The van der Waals surface area contributed by atoms with E-state index in [4.69, 9.17) is 28.4 Å². The van der Waals surface area contributed by atoms with Gasteiger partial charge in [0.2, 0.25) is 0 Å². The maximum absolute atomic E-state index is 13.6. The molecule has 0 amide bonds. The van der Waals surface area contributed by atoms with Gasteiger partial charge in [-0.3, -0.25) is 0 Å². The highest BCUT2D eigenvalue weighted by Crippen LogP contribution is 2.57. The minimum absolute atomic E-state index is 0.00698. The molecule has 3 fully saturated rings. The molecule has 4 aliphatic rings. The number of hydrogen-bond donors (Lipinski definition) is 0. The first-order chi connectivity index (χ1) is 21.5. The van der Waals surface area contributed by atoms with Gasteiger partial charge in [-0.2, -0.15) is 0 Å². The molecule has 0 aromatic heterocycles. The molecule has 3 heterocycles. The number of aryl methyl sites for hydroxylation is 2. The van der Waals surface area contributed by atoms with Gasteiger partial charge in [-0.1, -0.05) is 60.7 Å². The van der Waals surface area contributed by atoms with Gasteiger partial charge >= 0.3 is 5.97 Å². The van der Waals surface area contributed by atoms with Crippen LogP contribution in [0, 0.1) is 13.8 Å². The topological polar surface area (TPSA) is 82.4 Å². The quantitative estimate of drug-likeness (QED) is 0.143. The van der Waals surface area contributed by atoms with Crippen molar-refractivity contribution in [2.45, 2.75) is 37.6 Å². The summed E-state index contributed by atoms with van der Waals surface area (Å²) in [5, 5.41) is 0. The van der Waals surface area contributed by atoms with E-state index >= 15 is 0 Å². The largest absolute Gasteiger partial charge is 0.491 e. The zero-order valence-electron chi connectivity index (χ0n) is 24.8. The highest BCUT2D eigenvalue weighted by atomic mass is 16.6. The third-order valence-corrected chi connectivity index (χ3v) is 8.96. The number of esters is 1. The lowest BCUT2D eigenvalue weighted by atomic mass is 9.67. The van der Waals surface area contributed by atoms with Crippen LogP contribution >= 0.6 is 0 Å². The Bertz CT molecular complexity index is 1680. The minimum atomic E-state index is -0.701. The van der Waals surface area contributed by atoms with Crippen molar-refractivity contribution in [3.63, 3.8) is 0 Å². The van der Waals surface area contributed by atoms with E-state index in [1.165, 1.54) is 0 Å². The van der Waals surface area contributed by atoms with Gasteiger partial charge in [-0.05, 0) is 71.0 Å². The van der Waals surface area contributed by atoms with Crippen LogP contribution in [-0.2, 0) is 24.4 Å². The van der Waals surface area contributed by atoms with E-state index < -0.39 is 5.41 Å². The molecule has 7 nitrogen and oxygen atoms in total. The maximum Gasteiger partial charge on any atom is 0.338 e. The number of fused-ring (bicyclic) bond motifs is 3. The third kappa shape index (κ3) is 4.85. The van der Waals surface area contributed by atoms with E-state index in [1.54, 1.807) is 0 Å². The first-order valence-electron chi connectivity index (χ1n) is 15.3. The van der Waals surface area contributed by atoms with Crippen molar-refractivity contribution in [1.29, 1.82) is 0 Å². The number of epoxide rings is 3. The van der Waals surface area contributed by atoms with Crippen molar-refractivity contribution in [2.24, 2.45) is 0 Å². The van der Waals surface area contributed by atoms with E-state index in [1.807, 2.05) is 18.2 Å². The molecule has 1 aliphatic carbocycles. The Morgan fingerprint density at radius 1 is 0.705 bits per heavy atom. The summed E-state index contributed by atoms with van der Waals surface area (Å²) in [6.07, 6.45) is 0.343. The van der Waals surface area contributed by atoms with Gasteiger partial charge in [0, 0.05) is 5.56 Å². The van der Waals surface area contributed by atoms with E-state index in [2.05, 4.69) is 74.5 Å². The molecule has 224 valence electrons. The molecule has 3 saturated heterocycles. The Balaban J connectivity index is 1.30. The number of carbonyl (C=O) groups is 1. The molecular weight excluding hydrogens is 556 g/mol. The Kier molecular flexibility index (Phi) is 6.70. The Labute approximate surface area is 256 Å². The summed E-state index contributed by atoms with van der Waals surface area (Å²) in [7, 11) is 0. The van der Waals surface area contributed by atoms with Gasteiger partial charge in [-0.25, -0.2) is 4.79 Å². The number of benzene rings is 4. The second-order valence-electron chi connectivity index (χ2n) is 12.1. The van der Waals surface area contributed by atoms with Crippen molar-refractivity contribution in [3.05, 3.63) is 118 Å². The lowest BCUT2D eigenvalue weighted by Crippen LogP contribution is -2.29. The zero-order valence-corrected chi connectivity index (χ0v) is 24.8. The van der Waals surface area contributed by atoms with Crippen LogP contribution in [0.25, 0.3) is 11.1 Å².